The van der Waals surface area contributed by atoms with Gasteiger partial charge in [-0.05, 0) is 66.8 Å². The van der Waals surface area contributed by atoms with Crippen LogP contribution in [0.4, 0.5) is 5.69 Å². The summed E-state index contributed by atoms with van der Waals surface area (Å²) in [7, 11) is -7.35. The van der Waals surface area contributed by atoms with Crippen molar-refractivity contribution in [3.63, 3.8) is 0 Å². The fraction of sp³-hybridized carbons (Fsp3) is 0.345. The minimum atomic E-state index is -4.00. The second-order valence-corrected chi connectivity index (χ2v) is 14.8. The number of nitrogens with one attached hydrogen (secondary N) is 1. The molecule has 0 saturated carbocycles. The van der Waals surface area contributed by atoms with Gasteiger partial charge in [0.05, 0.1) is 28.1 Å². The van der Waals surface area contributed by atoms with Gasteiger partial charge in [0, 0.05) is 6.26 Å². The van der Waals surface area contributed by atoms with Gasteiger partial charge in [-0.1, -0.05) is 56.7 Å². The second kappa shape index (κ2) is 10.3. The van der Waals surface area contributed by atoms with Gasteiger partial charge >= 0.3 is 0 Å². The van der Waals surface area contributed by atoms with E-state index in [0.29, 0.717) is 17.0 Å². The van der Waals surface area contributed by atoms with Gasteiger partial charge in [0.1, 0.15) is 5.75 Å². The number of hydrogen-bond acceptors (Lipinski definition) is 6. The van der Waals surface area contributed by atoms with E-state index in [1.54, 1.807) is 55.5 Å². The molecule has 1 heterocycles. The van der Waals surface area contributed by atoms with Gasteiger partial charge in [-0.3, -0.25) is 9.10 Å². The summed E-state index contributed by atoms with van der Waals surface area (Å²) in [6, 6.07) is 17.8. The highest BCUT2D eigenvalue weighted by atomic mass is 32.2. The molecule has 4 rings (SSSR count). The van der Waals surface area contributed by atoms with Gasteiger partial charge in [-0.25, -0.2) is 16.8 Å². The number of carbonyl (C=O) groups is 1. The quantitative estimate of drug-likeness (QED) is 0.466. The van der Waals surface area contributed by atoms with E-state index in [2.05, 4.69) is 5.32 Å². The highest BCUT2D eigenvalue weighted by Crippen LogP contribution is 2.40. The number of nitrogens with zero attached hydrogens (tertiary/aromatic N) is 1. The van der Waals surface area contributed by atoms with Gasteiger partial charge in [0.2, 0.25) is 0 Å². The van der Waals surface area contributed by atoms with E-state index >= 15 is 0 Å². The summed E-state index contributed by atoms with van der Waals surface area (Å²) in [5.41, 5.74) is 2.72. The molecule has 1 amide bonds. The van der Waals surface area contributed by atoms with Gasteiger partial charge in [-0.2, -0.15) is 0 Å². The van der Waals surface area contributed by atoms with E-state index in [4.69, 9.17) is 4.74 Å². The topological polar surface area (TPSA) is 110 Å². The van der Waals surface area contributed by atoms with Crippen LogP contribution in [0.25, 0.3) is 0 Å². The maximum Gasteiger partial charge on any atom is 0.264 e. The van der Waals surface area contributed by atoms with Crippen LogP contribution in [-0.4, -0.2) is 41.6 Å². The molecule has 0 bridgehead atoms. The first-order valence-electron chi connectivity index (χ1n) is 12.6. The molecule has 0 aliphatic carbocycles. The highest BCUT2D eigenvalue weighted by Gasteiger charge is 2.38. The number of fused-ring (bicyclic) bond motifs is 1. The SMILES string of the molecule is Cc1ccc(S(=O)(=O)N2CC(C(=O)NC(C)c3ccc(S(C)(=O)=O)cc3)Oc3ccc(C(C)(C)C)cc32)cc1. The summed E-state index contributed by atoms with van der Waals surface area (Å²) in [6.45, 7) is 9.56. The Morgan fingerprint density at radius 2 is 1.54 bits per heavy atom. The summed E-state index contributed by atoms with van der Waals surface area (Å²) < 4.78 is 58.5. The van der Waals surface area contributed by atoms with E-state index in [1.165, 1.54) is 16.4 Å². The summed E-state index contributed by atoms with van der Waals surface area (Å²) in [4.78, 5) is 13.7. The lowest BCUT2D eigenvalue weighted by molar-refractivity contribution is -0.128. The molecule has 8 nitrogen and oxygen atoms in total. The van der Waals surface area contributed by atoms with Crippen LogP contribution in [0.1, 0.15) is 50.4 Å². The molecule has 3 aromatic rings. The van der Waals surface area contributed by atoms with Crippen molar-refractivity contribution in [3.05, 3.63) is 83.4 Å². The summed E-state index contributed by atoms with van der Waals surface area (Å²) >= 11 is 0. The number of amides is 1. The normalized spacial score (nSPS) is 16.7. The zero-order chi connectivity index (χ0) is 28.8. The molecule has 10 heteroatoms. The predicted molar refractivity (Wildman–Crippen MR) is 151 cm³/mol. The van der Waals surface area contributed by atoms with Crippen molar-refractivity contribution in [3.8, 4) is 5.75 Å². The Morgan fingerprint density at radius 1 is 0.949 bits per heavy atom. The largest absolute Gasteiger partial charge is 0.476 e. The molecule has 3 aromatic carbocycles. The Balaban J connectivity index is 1.66. The van der Waals surface area contributed by atoms with Gasteiger partial charge in [0.25, 0.3) is 15.9 Å². The summed E-state index contributed by atoms with van der Waals surface area (Å²) in [5.74, 6) is -0.181. The smallest absolute Gasteiger partial charge is 0.264 e. The van der Waals surface area contributed by atoms with Crippen LogP contribution in [0.15, 0.2) is 76.5 Å². The van der Waals surface area contributed by atoms with Crippen LogP contribution in [-0.2, 0) is 30.1 Å². The van der Waals surface area contributed by atoms with Gasteiger partial charge in [-0.15, -0.1) is 0 Å². The highest BCUT2D eigenvalue weighted by molar-refractivity contribution is 7.92. The van der Waals surface area contributed by atoms with E-state index in [-0.39, 0.29) is 21.8 Å². The Bertz CT molecular complexity index is 1590. The lowest BCUT2D eigenvalue weighted by Gasteiger charge is -2.36. The molecule has 39 heavy (non-hydrogen) atoms. The maximum absolute atomic E-state index is 13.8. The first kappa shape index (κ1) is 28.6. The van der Waals surface area contributed by atoms with Gasteiger partial charge in [0.15, 0.2) is 15.9 Å². The average molecular weight is 571 g/mol. The van der Waals surface area contributed by atoms with E-state index in [0.717, 1.165) is 17.4 Å². The minimum Gasteiger partial charge on any atom is -0.476 e. The lowest BCUT2D eigenvalue weighted by Crippen LogP contribution is -2.51. The van der Waals surface area contributed by atoms with Crippen molar-refractivity contribution in [2.24, 2.45) is 0 Å². The van der Waals surface area contributed by atoms with Crippen LogP contribution < -0.4 is 14.4 Å². The number of sulfone groups is 1. The molecular weight excluding hydrogens is 536 g/mol. The fourth-order valence-electron chi connectivity index (χ4n) is 4.31. The molecule has 0 aromatic heterocycles. The zero-order valence-corrected chi connectivity index (χ0v) is 24.6. The molecule has 0 radical (unpaired) electrons. The van der Waals surface area contributed by atoms with Crippen molar-refractivity contribution < 1.29 is 26.4 Å². The molecule has 208 valence electrons. The monoisotopic (exact) mass is 570 g/mol. The third-order valence-electron chi connectivity index (χ3n) is 6.76. The summed E-state index contributed by atoms with van der Waals surface area (Å²) in [5, 5.41) is 2.87. The van der Waals surface area contributed by atoms with Crippen LogP contribution in [0.2, 0.25) is 0 Å². The number of sulfonamides is 1. The lowest BCUT2D eigenvalue weighted by atomic mass is 9.86. The van der Waals surface area contributed by atoms with Crippen LogP contribution in [0, 0.1) is 6.92 Å². The maximum atomic E-state index is 13.8. The fourth-order valence-corrected chi connectivity index (χ4v) is 6.41. The summed E-state index contributed by atoms with van der Waals surface area (Å²) in [6.07, 6.45) is 0.0303. The third-order valence-corrected chi connectivity index (χ3v) is 9.69. The number of rotatable bonds is 6. The Hall–Kier alpha value is -3.37. The van der Waals surface area contributed by atoms with Gasteiger partial charge < -0.3 is 10.1 Å². The minimum absolute atomic E-state index is 0.126. The Kier molecular flexibility index (Phi) is 7.57. The van der Waals surface area contributed by atoms with Crippen molar-refractivity contribution in [2.45, 2.75) is 62.0 Å². The van der Waals surface area contributed by atoms with Crippen LogP contribution in [0.5, 0.6) is 5.75 Å². The first-order valence-corrected chi connectivity index (χ1v) is 15.9. The number of carbonyl (C=O) groups excluding carboxylic acids is 1. The molecule has 1 N–H and O–H groups in total. The molecule has 1 aliphatic heterocycles. The predicted octanol–water partition coefficient (Wildman–Crippen LogP) is 4.53. The molecule has 0 fully saturated rings. The molecule has 0 spiro atoms. The third kappa shape index (κ3) is 6.12. The van der Waals surface area contributed by atoms with Crippen LogP contribution in [0.3, 0.4) is 0 Å². The molecular formula is C29H34N2O6S2. The molecule has 2 unspecified atom stereocenters. The average Bonchev–Trinajstić information content (AvgIpc) is 2.86. The van der Waals surface area contributed by atoms with E-state index in [1.807, 2.05) is 33.8 Å². The first-order chi connectivity index (χ1) is 18.1. The molecule has 1 aliphatic rings. The van der Waals surface area contributed by atoms with Crippen LogP contribution >= 0.6 is 0 Å². The van der Waals surface area contributed by atoms with Crippen molar-refractivity contribution >= 4 is 31.5 Å². The number of benzene rings is 3. The number of aryl methyl sites for hydroxylation is 1. The molecule has 2 atom stereocenters. The standard InChI is InChI=1S/C29H34N2O6S2/c1-19-7-12-24(13-8-19)39(35,36)31-18-27(37-26-16-11-22(17-25(26)31)29(3,4)5)28(32)30-20(2)21-9-14-23(15-10-21)38(6,33)34/h7-17,20,27H,18H2,1-6H3,(H,30,32). The Labute approximate surface area is 231 Å². The van der Waals surface area contributed by atoms with Crippen molar-refractivity contribution in [1.82, 2.24) is 5.32 Å². The number of ether oxygens (including phenoxy) is 1. The molecule has 0 saturated heterocycles. The van der Waals surface area contributed by atoms with E-state index < -0.39 is 37.9 Å². The number of hydrogen-bond donors (Lipinski definition) is 1. The van der Waals surface area contributed by atoms with Crippen molar-refractivity contribution in [2.75, 3.05) is 17.1 Å². The number of anilines is 1. The van der Waals surface area contributed by atoms with E-state index in [9.17, 15) is 21.6 Å². The zero-order valence-electron chi connectivity index (χ0n) is 22.9. The second-order valence-electron chi connectivity index (χ2n) is 11.0. The Morgan fingerprint density at radius 3 is 2.10 bits per heavy atom. The van der Waals surface area contributed by atoms with Crippen molar-refractivity contribution in [1.29, 1.82) is 0 Å².